The van der Waals surface area contributed by atoms with Gasteiger partial charge in [-0.25, -0.2) is 14.6 Å². The molecule has 2 amide bonds. The van der Waals surface area contributed by atoms with E-state index >= 15 is 0 Å². The summed E-state index contributed by atoms with van der Waals surface area (Å²) in [6, 6.07) is 14.3. The molecule has 26 heavy (non-hydrogen) atoms. The highest BCUT2D eigenvalue weighted by molar-refractivity contribution is 7.95. The molecule has 1 N–H and O–H groups in total. The molecule has 0 saturated carbocycles. The SMILES string of the molecule is CCC(=O)ON(C(=O)NN(C)C)[S+]1c2ccccc2Oc2ccccc21. The van der Waals surface area contributed by atoms with Gasteiger partial charge in [0.1, 0.15) is 0 Å². The number of carbonyl (C=O) groups is 2. The van der Waals surface area contributed by atoms with Crippen LogP contribution in [0, 0.1) is 0 Å². The van der Waals surface area contributed by atoms with Crippen molar-refractivity contribution >= 4 is 23.1 Å². The molecule has 2 aromatic carbocycles. The summed E-state index contributed by atoms with van der Waals surface area (Å²) in [5.74, 6) is 0.766. The molecule has 1 aliphatic rings. The monoisotopic (exact) mass is 374 g/mol. The van der Waals surface area contributed by atoms with Crippen molar-refractivity contribution in [3.05, 3.63) is 48.5 Å². The maximum Gasteiger partial charge on any atom is 0.413 e. The highest BCUT2D eigenvalue weighted by atomic mass is 32.2. The third-order valence-electron chi connectivity index (χ3n) is 3.46. The van der Waals surface area contributed by atoms with Crippen LogP contribution in [0.4, 0.5) is 4.79 Å². The van der Waals surface area contributed by atoms with Gasteiger partial charge in [0, 0.05) is 32.6 Å². The largest absolute Gasteiger partial charge is 0.447 e. The minimum absolute atomic E-state index is 0.155. The Labute approximate surface area is 154 Å². The normalized spacial score (nSPS) is 12.6. The van der Waals surface area contributed by atoms with Crippen molar-refractivity contribution < 1.29 is 19.2 Å². The van der Waals surface area contributed by atoms with E-state index in [1.165, 1.54) is 5.01 Å². The van der Waals surface area contributed by atoms with Gasteiger partial charge >= 0.3 is 12.0 Å². The Morgan fingerprint density at radius 3 is 2.08 bits per heavy atom. The summed E-state index contributed by atoms with van der Waals surface area (Å²) in [5.41, 5.74) is 2.64. The number of benzene rings is 2. The summed E-state index contributed by atoms with van der Waals surface area (Å²) in [6.45, 7) is 1.68. The summed E-state index contributed by atoms with van der Waals surface area (Å²) in [6.07, 6.45) is 0.155. The van der Waals surface area contributed by atoms with E-state index in [4.69, 9.17) is 9.57 Å². The van der Waals surface area contributed by atoms with E-state index in [-0.39, 0.29) is 6.42 Å². The number of fused-ring (bicyclic) bond motifs is 2. The Kier molecular flexibility index (Phi) is 5.34. The molecular weight excluding hydrogens is 354 g/mol. The number of carbonyl (C=O) groups excluding carboxylic acids is 2. The van der Waals surface area contributed by atoms with Crippen molar-refractivity contribution in [3.8, 4) is 11.5 Å². The molecule has 1 aliphatic heterocycles. The lowest BCUT2D eigenvalue weighted by Crippen LogP contribution is -2.49. The molecule has 0 saturated heterocycles. The highest BCUT2D eigenvalue weighted by Crippen LogP contribution is 2.45. The van der Waals surface area contributed by atoms with Crippen LogP contribution in [0.5, 0.6) is 11.5 Å². The van der Waals surface area contributed by atoms with Gasteiger partial charge in [-0.2, -0.15) is 0 Å². The summed E-state index contributed by atoms with van der Waals surface area (Å²) in [5, 5.41) is 1.50. The minimum Gasteiger partial charge on any atom is -0.447 e. The number of hydroxylamine groups is 1. The average molecular weight is 374 g/mol. The number of para-hydroxylation sites is 2. The van der Waals surface area contributed by atoms with Crippen LogP contribution in [-0.2, 0) is 20.7 Å². The quantitative estimate of drug-likeness (QED) is 0.660. The van der Waals surface area contributed by atoms with E-state index < -0.39 is 23.1 Å². The zero-order valence-electron chi connectivity index (χ0n) is 14.8. The third-order valence-corrected chi connectivity index (χ3v) is 5.54. The van der Waals surface area contributed by atoms with Crippen LogP contribution in [0.3, 0.4) is 0 Å². The highest BCUT2D eigenvalue weighted by Gasteiger charge is 2.48. The number of hydrogen-bond donors (Lipinski definition) is 1. The number of hydrazine groups is 1. The molecule has 2 aromatic rings. The van der Waals surface area contributed by atoms with Gasteiger partial charge in [0.15, 0.2) is 11.5 Å². The van der Waals surface area contributed by atoms with Gasteiger partial charge in [-0.15, -0.1) is 0 Å². The second-order valence-corrected chi connectivity index (χ2v) is 7.45. The first kappa shape index (κ1) is 18.1. The summed E-state index contributed by atoms with van der Waals surface area (Å²) in [4.78, 5) is 31.7. The zero-order valence-corrected chi connectivity index (χ0v) is 15.6. The van der Waals surface area contributed by atoms with Gasteiger partial charge in [0.05, 0.1) is 4.47 Å². The lowest BCUT2D eigenvalue weighted by molar-refractivity contribution is -0.161. The second kappa shape index (κ2) is 7.67. The van der Waals surface area contributed by atoms with Crippen molar-refractivity contribution in [2.75, 3.05) is 14.1 Å². The van der Waals surface area contributed by atoms with E-state index in [1.54, 1.807) is 21.0 Å². The lowest BCUT2D eigenvalue weighted by Gasteiger charge is -2.25. The van der Waals surface area contributed by atoms with Crippen LogP contribution in [0.1, 0.15) is 13.3 Å². The molecule has 0 atom stereocenters. The predicted octanol–water partition coefficient (Wildman–Crippen LogP) is 3.10. The molecule has 0 aliphatic carbocycles. The van der Waals surface area contributed by atoms with Crippen molar-refractivity contribution in [1.82, 2.24) is 14.9 Å². The molecule has 136 valence electrons. The predicted molar refractivity (Wildman–Crippen MR) is 97.3 cm³/mol. The molecule has 0 bridgehead atoms. The number of nitrogens with one attached hydrogen (secondary N) is 1. The fourth-order valence-corrected chi connectivity index (χ4v) is 4.33. The van der Waals surface area contributed by atoms with Crippen LogP contribution in [0.2, 0.25) is 0 Å². The molecule has 0 unspecified atom stereocenters. The Morgan fingerprint density at radius 2 is 1.58 bits per heavy atom. The van der Waals surface area contributed by atoms with E-state index in [0.717, 1.165) is 14.3 Å². The van der Waals surface area contributed by atoms with E-state index in [0.29, 0.717) is 11.5 Å². The number of hydrogen-bond acceptors (Lipinski definition) is 5. The molecule has 1 heterocycles. The summed E-state index contributed by atoms with van der Waals surface area (Å²) in [7, 11) is 3.37. The van der Waals surface area contributed by atoms with Crippen LogP contribution in [-0.4, -0.2) is 35.6 Å². The fourth-order valence-electron chi connectivity index (χ4n) is 2.35. The van der Waals surface area contributed by atoms with E-state index in [9.17, 15) is 9.59 Å². The Morgan fingerprint density at radius 1 is 1.04 bits per heavy atom. The van der Waals surface area contributed by atoms with Crippen LogP contribution in [0.15, 0.2) is 58.3 Å². The van der Waals surface area contributed by atoms with E-state index in [1.807, 2.05) is 48.5 Å². The number of amides is 2. The molecule has 0 fully saturated rings. The fraction of sp³-hybridized carbons (Fsp3) is 0.222. The van der Waals surface area contributed by atoms with Crippen LogP contribution in [0.25, 0.3) is 0 Å². The molecule has 0 spiro atoms. The first-order valence-corrected chi connectivity index (χ1v) is 9.28. The lowest BCUT2D eigenvalue weighted by atomic mass is 10.3. The topological polar surface area (TPSA) is 71.1 Å². The second-order valence-electron chi connectivity index (χ2n) is 5.67. The average Bonchev–Trinajstić information content (AvgIpc) is 2.63. The van der Waals surface area contributed by atoms with Crippen LogP contribution < -0.4 is 10.2 Å². The minimum atomic E-state index is -0.974. The Balaban J connectivity index is 2.10. The summed E-state index contributed by atoms with van der Waals surface area (Å²) < 4.78 is 7.05. The number of urea groups is 1. The molecular formula is C18H20N3O4S+. The maximum absolute atomic E-state index is 12.8. The first-order valence-electron chi connectivity index (χ1n) is 8.10. The van der Waals surface area contributed by atoms with Crippen LogP contribution >= 0.6 is 0 Å². The Bertz CT molecular complexity index is 782. The standard InChI is InChI=1S/C18H19N3O4S/c1-4-17(22)25-21(18(23)19-20(2)3)26-15-11-7-5-9-13(15)24-14-10-6-8-12-16(14)26/h5-12H,4H2,1-3H3/p+1. The Hall–Kier alpha value is -2.71. The van der Waals surface area contributed by atoms with Gasteiger partial charge in [0.2, 0.25) is 20.9 Å². The molecule has 0 aromatic heterocycles. The molecule has 3 rings (SSSR count). The van der Waals surface area contributed by atoms with Crippen molar-refractivity contribution in [1.29, 1.82) is 0 Å². The van der Waals surface area contributed by atoms with Gasteiger partial charge in [-0.1, -0.05) is 31.2 Å². The molecule has 8 heteroatoms. The van der Waals surface area contributed by atoms with Crippen molar-refractivity contribution in [2.24, 2.45) is 0 Å². The third kappa shape index (κ3) is 3.61. The number of nitrogens with zero attached hydrogens (tertiary/aromatic N) is 2. The number of ether oxygens (including phenoxy) is 1. The molecule has 7 nitrogen and oxygen atoms in total. The number of rotatable bonds is 3. The van der Waals surface area contributed by atoms with Crippen molar-refractivity contribution in [3.63, 3.8) is 0 Å². The maximum atomic E-state index is 12.8. The summed E-state index contributed by atoms with van der Waals surface area (Å²) >= 11 is -0.974. The zero-order chi connectivity index (χ0) is 18.7. The first-order chi connectivity index (χ1) is 12.5. The molecule has 0 radical (unpaired) electrons. The van der Waals surface area contributed by atoms with E-state index in [2.05, 4.69) is 5.43 Å². The smallest absolute Gasteiger partial charge is 0.413 e. The van der Waals surface area contributed by atoms with Gasteiger partial charge < -0.3 is 4.74 Å². The van der Waals surface area contributed by atoms with Gasteiger partial charge in [-0.3, -0.25) is 10.3 Å². The van der Waals surface area contributed by atoms with Gasteiger partial charge in [0.25, 0.3) is 0 Å². The van der Waals surface area contributed by atoms with Crippen molar-refractivity contribution in [2.45, 2.75) is 23.1 Å². The van der Waals surface area contributed by atoms with Gasteiger partial charge in [-0.05, 0) is 12.1 Å².